The van der Waals surface area contributed by atoms with Gasteiger partial charge in [0.15, 0.2) is 0 Å². The number of alkyl carbamates (subject to hydrolysis) is 1. The van der Waals surface area contributed by atoms with Crippen LogP contribution in [0.15, 0.2) is 12.1 Å². The van der Waals surface area contributed by atoms with Crippen molar-refractivity contribution in [3.8, 4) is 5.75 Å². The number of piperazine rings is 1. The zero-order valence-corrected chi connectivity index (χ0v) is 23.5. The fourth-order valence-corrected chi connectivity index (χ4v) is 5.59. The highest BCUT2D eigenvalue weighted by molar-refractivity contribution is 6.01. The summed E-state index contributed by atoms with van der Waals surface area (Å²) in [5.74, 6) is -0.0527. The molecule has 3 fully saturated rings. The van der Waals surface area contributed by atoms with Gasteiger partial charge in [-0.25, -0.2) is 9.18 Å². The van der Waals surface area contributed by atoms with Gasteiger partial charge in [-0.2, -0.15) is 0 Å². The van der Waals surface area contributed by atoms with Crippen molar-refractivity contribution in [3.05, 3.63) is 17.9 Å². The van der Waals surface area contributed by atoms with E-state index in [1.54, 1.807) is 6.07 Å². The molecule has 2 saturated heterocycles. The van der Waals surface area contributed by atoms with Gasteiger partial charge in [0.05, 0.1) is 18.5 Å². The number of nitrogens with zero attached hydrogens (tertiary/aromatic N) is 2. The lowest BCUT2D eigenvalue weighted by Crippen LogP contribution is -2.49. The molecule has 0 radical (unpaired) electrons. The van der Waals surface area contributed by atoms with Crippen LogP contribution in [-0.2, 0) is 14.3 Å². The highest BCUT2D eigenvalue weighted by Crippen LogP contribution is 2.34. The molecule has 1 aliphatic carbocycles. The molecule has 1 aromatic carbocycles. The Morgan fingerprint density at radius 1 is 1.08 bits per heavy atom. The molecule has 39 heavy (non-hydrogen) atoms. The number of piperidine rings is 1. The molecule has 3 N–H and O–H groups in total. The Bertz CT molecular complexity index is 1050. The number of rotatable bonds is 7. The van der Waals surface area contributed by atoms with E-state index >= 15 is 4.39 Å². The molecule has 1 aromatic rings. The fraction of sp³-hybridized carbons (Fsp3) is 0.679. The van der Waals surface area contributed by atoms with Crippen LogP contribution in [-0.4, -0.2) is 80.3 Å². The monoisotopic (exact) mass is 547 g/mol. The lowest BCUT2D eigenvalue weighted by atomic mass is 9.85. The third-order valence-corrected chi connectivity index (χ3v) is 7.63. The van der Waals surface area contributed by atoms with Gasteiger partial charge >= 0.3 is 6.09 Å². The molecule has 3 aliphatic rings. The molecule has 1 atom stereocenters. The number of anilines is 2. The Kier molecular flexibility index (Phi) is 9.19. The number of halogens is 1. The number of amides is 3. The largest absolute Gasteiger partial charge is 0.495 e. The number of hydrogen-bond acceptors (Lipinski definition) is 8. The average Bonchev–Trinajstić information content (AvgIpc) is 2.86. The molecule has 1 saturated carbocycles. The predicted molar refractivity (Wildman–Crippen MR) is 147 cm³/mol. The number of imide groups is 1. The van der Waals surface area contributed by atoms with Crippen molar-refractivity contribution in [2.45, 2.75) is 77.0 Å². The van der Waals surface area contributed by atoms with Crippen molar-refractivity contribution >= 4 is 29.3 Å². The quantitative estimate of drug-likeness (QED) is 0.446. The third kappa shape index (κ3) is 7.97. The first-order valence-corrected chi connectivity index (χ1v) is 14.0. The van der Waals surface area contributed by atoms with Gasteiger partial charge in [-0.1, -0.05) is 0 Å². The van der Waals surface area contributed by atoms with Gasteiger partial charge < -0.3 is 25.0 Å². The van der Waals surface area contributed by atoms with Gasteiger partial charge in [-0.05, 0) is 58.8 Å². The Morgan fingerprint density at radius 2 is 1.77 bits per heavy atom. The first-order valence-electron chi connectivity index (χ1n) is 14.0. The number of benzene rings is 1. The minimum atomic E-state index is -0.617. The van der Waals surface area contributed by atoms with Crippen LogP contribution in [0, 0.1) is 11.7 Å². The molecule has 0 aromatic heterocycles. The van der Waals surface area contributed by atoms with Crippen molar-refractivity contribution < 1.29 is 28.2 Å². The van der Waals surface area contributed by atoms with E-state index in [9.17, 15) is 14.4 Å². The lowest BCUT2D eigenvalue weighted by Gasteiger charge is -2.39. The van der Waals surface area contributed by atoms with Crippen molar-refractivity contribution in [2.24, 2.45) is 5.92 Å². The second kappa shape index (κ2) is 12.4. The van der Waals surface area contributed by atoms with Crippen LogP contribution < -0.4 is 25.6 Å². The summed E-state index contributed by atoms with van der Waals surface area (Å²) in [6.07, 6.45) is 4.28. The van der Waals surface area contributed by atoms with Crippen molar-refractivity contribution in [2.75, 3.05) is 50.1 Å². The number of nitrogens with one attached hydrogen (secondary N) is 3. The number of carbonyl (C=O) groups excluding carboxylic acids is 3. The molecule has 0 bridgehead atoms. The molecule has 0 spiro atoms. The minimum Gasteiger partial charge on any atom is -0.495 e. The van der Waals surface area contributed by atoms with Crippen LogP contribution in [0.3, 0.4) is 0 Å². The summed E-state index contributed by atoms with van der Waals surface area (Å²) in [6.45, 7) is 9.70. The molecule has 216 valence electrons. The van der Waals surface area contributed by atoms with E-state index in [0.717, 1.165) is 45.3 Å². The number of methoxy groups -OCH3 is 1. The molecule has 2 heterocycles. The summed E-state index contributed by atoms with van der Waals surface area (Å²) >= 11 is 0. The molecule has 10 nitrogen and oxygen atoms in total. The van der Waals surface area contributed by atoms with Crippen LogP contribution in [0.4, 0.5) is 20.6 Å². The lowest BCUT2D eigenvalue weighted by molar-refractivity contribution is -0.133. The summed E-state index contributed by atoms with van der Waals surface area (Å²) in [7, 11) is 1.52. The zero-order valence-electron chi connectivity index (χ0n) is 23.5. The first-order chi connectivity index (χ1) is 18.5. The summed E-state index contributed by atoms with van der Waals surface area (Å²) in [5.41, 5.74) is 0.379. The van der Waals surface area contributed by atoms with Crippen LogP contribution >= 0.6 is 0 Å². The van der Waals surface area contributed by atoms with E-state index in [4.69, 9.17) is 9.47 Å². The molecular weight excluding hydrogens is 505 g/mol. The average molecular weight is 548 g/mol. The van der Waals surface area contributed by atoms with E-state index in [-0.39, 0.29) is 30.3 Å². The van der Waals surface area contributed by atoms with Crippen molar-refractivity contribution in [1.29, 1.82) is 0 Å². The van der Waals surface area contributed by atoms with Crippen molar-refractivity contribution in [3.63, 3.8) is 0 Å². The van der Waals surface area contributed by atoms with Gasteiger partial charge in [-0.15, -0.1) is 0 Å². The Hall–Kier alpha value is -3.08. The molecule has 4 rings (SSSR count). The Balaban J connectivity index is 1.25. The molecule has 1 unspecified atom stereocenters. The second-order valence-corrected chi connectivity index (χ2v) is 11.8. The van der Waals surface area contributed by atoms with Gasteiger partial charge in [0.2, 0.25) is 11.8 Å². The Morgan fingerprint density at radius 3 is 2.38 bits per heavy atom. The predicted octanol–water partition coefficient (Wildman–Crippen LogP) is 3.26. The SMILES string of the molecule is COc1cc(N2CCN(CC3CCC(NC(=O)OC(C)(C)C)CC3)CC2)c(F)cc1NC1CCC(=O)NC1=O. The van der Waals surface area contributed by atoms with Crippen LogP contribution in [0.25, 0.3) is 0 Å². The third-order valence-electron chi connectivity index (χ3n) is 7.63. The number of ether oxygens (including phenoxy) is 2. The van der Waals surface area contributed by atoms with E-state index in [1.165, 1.54) is 13.2 Å². The molecule has 3 amide bonds. The van der Waals surface area contributed by atoms with Crippen molar-refractivity contribution in [1.82, 2.24) is 15.5 Å². The first kappa shape index (κ1) is 28.9. The minimum absolute atomic E-state index is 0.165. The van der Waals surface area contributed by atoms with Gasteiger partial charge in [0.1, 0.15) is 23.2 Å². The zero-order chi connectivity index (χ0) is 28.2. The maximum Gasteiger partial charge on any atom is 0.407 e. The van der Waals surface area contributed by atoms with E-state index in [2.05, 4.69) is 20.9 Å². The van der Waals surface area contributed by atoms with E-state index in [1.807, 2.05) is 25.7 Å². The summed E-state index contributed by atoms with van der Waals surface area (Å²) in [6, 6.07) is 2.60. The van der Waals surface area contributed by atoms with E-state index in [0.29, 0.717) is 42.6 Å². The maximum atomic E-state index is 15.2. The summed E-state index contributed by atoms with van der Waals surface area (Å²) < 4.78 is 26.1. The van der Waals surface area contributed by atoms with Gasteiger partial charge in [0.25, 0.3) is 0 Å². The number of carbonyl (C=O) groups is 3. The topological polar surface area (TPSA) is 112 Å². The van der Waals surface area contributed by atoms with Crippen LogP contribution in [0.2, 0.25) is 0 Å². The fourth-order valence-electron chi connectivity index (χ4n) is 5.59. The second-order valence-electron chi connectivity index (χ2n) is 11.8. The smallest absolute Gasteiger partial charge is 0.407 e. The van der Waals surface area contributed by atoms with Crippen LogP contribution in [0.1, 0.15) is 59.3 Å². The normalized spacial score (nSPS) is 24.6. The molecule has 11 heteroatoms. The highest BCUT2D eigenvalue weighted by Gasteiger charge is 2.30. The van der Waals surface area contributed by atoms with Crippen LogP contribution in [0.5, 0.6) is 5.75 Å². The summed E-state index contributed by atoms with van der Waals surface area (Å²) in [4.78, 5) is 40.1. The standard InChI is InChI=1S/C28H42FN5O5/c1-28(2,3)39-27(37)30-19-7-5-18(6-8-19)17-33-11-13-34(14-12-33)23-16-24(38-4)22(15-20(23)29)31-21-9-10-25(35)32-26(21)36/h15-16,18-19,21,31H,5-14,17H2,1-4H3,(H,30,37)(H,32,35,36). The van der Waals surface area contributed by atoms with Gasteiger partial charge in [-0.3, -0.25) is 19.8 Å². The Labute approximate surface area is 229 Å². The highest BCUT2D eigenvalue weighted by atomic mass is 19.1. The van der Waals surface area contributed by atoms with E-state index < -0.39 is 17.6 Å². The summed E-state index contributed by atoms with van der Waals surface area (Å²) in [5, 5.41) is 8.34. The van der Waals surface area contributed by atoms with Gasteiger partial charge in [0, 0.05) is 57.3 Å². The molecular formula is C28H42FN5O5. The number of hydrogen-bond donors (Lipinski definition) is 3. The molecule has 2 aliphatic heterocycles. The maximum absolute atomic E-state index is 15.2.